The Kier molecular flexibility index (Phi) is 5.32. The topological polar surface area (TPSA) is 55.4 Å². The molecule has 0 saturated carbocycles. The summed E-state index contributed by atoms with van der Waals surface area (Å²) in [6.07, 6.45) is 0.380. The van der Waals surface area contributed by atoms with Gasteiger partial charge in [-0.2, -0.15) is 0 Å². The molecular weight excluding hydrogens is 326 g/mol. The molecule has 0 aliphatic heterocycles. The molecule has 3 aromatic rings. The average molecular weight is 347 g/mol. The van der Waals surface area contributed by atoms with Crippen molar-refractivity contribution in [2.45, 2.75) is 19.4 Å². The fourth-order valence-electron chi connectivity index (χ4n) is 3.07. The van der Waals surface area contributed by atoms with E-state index in [1.807, 2.05) is 67.6 Å². The van der Waals surface area contributed by atoms with Crippen molar-refractivity contribution in [1.29, 1.82) is 0 Å². The fraction of sp³-hybridized carbons (Fsp3) is 0.182. The molecular formula is C22H21NO3. The minimum Gasteiger partial charge on any atom is -0.467 e. The Morgan fingerprint density at radius 1 is 1.00 bits per heavy atom. The highest BCUT2D eigenvalue weighted by atomic mass is 16.5. The van der Waals surface area contributed by atoms with Crippen molar-refractivity contribution in [1.82, 2.24) is 5.32 Å². The molecule has 132 valence electrons. The zero-order chi connectivity index (χ0) is 18.5. The molecule has 4 heteroatoms. The SMILES string of the molecule is COC(=O)[C@@H](Cc1cccc(C)c1)NC(=O)c1cccc2ccccc12. The van der Waals surface area contributed by atoms with Gasteiger partial charge in [-0.3, -0.25) is 4.79 Å². The molecule has 0 radical (unpaired) electrons. The van der Waals surface area contributed by atoms with Crippen molar-refractivity contribution in [2.24, 2.45) is 0 Å². The van der Waals surface area contributed by atoms with Crippen LogP contribution in [-0.4, -0.2) is 25.0 Å². The summed E-state index contributed by atoms with van der Waals surface area (Å²) in [6.45, 7) is 1.99. The Labute approximate surface area is 152 Å². The Balaban J connectivity index is 1.86. The van der Waals surface area contributed by atoms with Crippen molar-refractivity contribution >= 4 is 22.6 Å². The van der Waals surface area contributed by atoms with E-state index in [-0.39, 0.29) is 5.91 Å². The first-order valence-corrected chi connectivity index (χ1v) is 8.50. The normalized spacial score (nSPS) is 11.8. The van der Waals surface area contributed by atoms with Gasteiger partial charge in [-0.25, -0.2) is 4.79 Å². The number of aryl methyl sites for hydroxylation is 1. The Bertz CT molecular complexity index is 944. The molecule has 0 saturated heterocycles. The first-order chi connectivity index (χ1) is 12.6. The number of hydrogen-bond donors (Lipinski definition) is 1. The minimum atomic E-state index is -0.742. The van der Waals surface area contributed by atoms with Gasteiger partial charge < -0.3 is 10.1 Å². The molecule has 4 nitrogen and oxygen atoms in total. The summed E-state index contributed by atoms with van der Waals surface area (Å²) in [6, 6.07) is 20.4. The molecule has 1 amide bonds. The monoisotopic (exact) mass is 347 g/mol. The number of nitrogens with one attached hydrogen (secondary N) is 1. The van der Waals surface area contributed by atoms with Gasteiger partial charge >= 0.3 is 5.97 Å². The van der Waals surface area contributed by atoms with Gasteiger partial charge in [0, 0.05) is 12.0 Å². The van der Waals surface area contributed by atoms with Crippen molar-refractivity contribution in [3.8, 4) is 0 Å². The van der Waals surface area contributed by atoms with E-state index in [0.29, 0.717) is 12.0 Å². The lowest BCUT2D eigenvalue weighted by Crippen LogP contribution is -2.43. The van der Waals surface area contributed by atoms with Crippen molar-refractivity contribution in [2.75, 3.05) is 7.11 Å². The summed E-state index contributed by atoms with van der Waals surface area (Å²) in [5, 5.41) is 4.66. The van der Waals surface area contributed by atoms with Gasteiger partial charge in [0.05, 0.1) is 7.11 Å². The van der Waals surface area contributed by atoms with Crippen LogP contribution in [0.15, 0.2) is 66.7 Å². The minimum absolute atomic E-state index is 0.287. The van der Waals surface area contributed by atoms with Gasteiger partial charge in [-0.05, 0) is 29.3 Å². The van der Waals surface area contributed by atoms with Crippen LogP contribution in [0.4, 0.5) is 0 Å². The summed E-state index contributed by atoms with van der Waals surface area (Å²) < 4.78 is 4.89. The molecule has 0 spiro atoms. The van der Waals surface area contributed by atoms with E-state index in [9.17, 15) is 9.59 Å². The lowest BCUT2D eigenvalue weighted by atomic mass is 10.0. The molecule has 0 heterocycles. The van der Waals surface area contributed by atoms with Crippen LogP contribution in [0.3, 0.4) is 0 Å². The molecule has 1 N–H and O–H groups in total. The lowest BCUT2D eigenvalue weighted by molar-refractivity contribution is -0.142. The van der Waals surface area contributed by atoms with Gasteiger partial charge in [-0.1, -0.05) is 66.2 Å². The van der Waals surface area contributed by atoms with Crippen molar-refractivity contribution in [3.63, 3.8) is 0 Å². The molecule has 0 aliphatic carbocycles. The van der Waals surface area contributed by atoms with Crippen LogP contribution in [0.5, 0.6) is 0 Å². The lowest BCUT2D eigenvalue weighted by Gasteiger charge is -2.17. The van der Waals surface area contributed by atoms with E-state index in [1.165, 1.54) is 7.11 Å². The number of amides is 1. The van der Waals surface area contributed by atoms with E-state index >= 15 is 0 Å². The maximum Gasteiger partial charge on any atom is 0.328 e. The summed E-state index contributed by atoms with van der Waals surface area (Å²) >= 11 is 0. The average Bonchev–Trinajstić information content (AvgIpc) is 2.66. The first-order valence-electron chi connectivity index (χ1n) is 8.50. The zero-order valence-electron chi connectivity index (χ0n) is 14.9. The standard InChI is InChI=1S/C22H21NO3/c1-15-7-5-8-16(13-15)14-20(22(25)26-2)23-21(24)19-12-6-10-17-9-3-4-11-18(17)19/h3-13,20H,14H2,1-2H3,(H,23,24)/t20-/m1/s1. The van der Waals surface area contributed by atoms with Crippen molar-refractivity contribution < 1.29 is 14.3 Å². The molecule has 1 atom stereocenters. The second-order valence-corrected chi connectivity index (χ2v) is 6.27. The second-order valence-electron chi connectivity index (χ2n) is 6.27. The molecule has 0 aromatic heterocycles. The third kappa shape index (κ3) is 3.91. The van der Waals surface area contributed by atoms with Crippen LogP contribution < -0.4 is 5.32 Å². The molecule has 26 heavy (non-hydrogen) atoms. The van der Waals surface area contributed by atoms with Crippen LogP contribution in [0.2, 0.25) is 0 Å². The quantitative estimate of drug-likeness (QED) is 0.717. The molecule has 0 bridgehead atoms. The first kappa shape index (κ1) is 17.7. The molecule has 3 rings (SSSR count). The summed E-state index contributed by atoms with van der Waals surface area (Å²) in [5.74, 6) is -0.745. The highest BCUT2D eigenvalue weighted by Crippen LogP contribution is 2.19. The van der Waals surface area contributed by atoms with Crippen molar-refractivity contribution in [3.05, 3.63) is 83.4 Å². The Morgan fingerprint density at radius 2 is 1.73 bits per heavy atom. The number of methoxy groups -OCH3 is 1. The van der Waals surface area contributed by atoms with Crippen LogP contribution in [-0.2, 0) is 16.0 Å². The summed E-state index contributed by atoms with van der Waals surface area (Å²) in [5.41, 5.74) is 2.62. The predicted molar refractivity (Wildman–Crippen MR) is 102 cm³/mol. The van der Waals surface area contributed by atoms with Crippen LogP contribution in [0.25, 0.3) is 10.8 Å². The smallest absolute Gasteiger partial charge is 0.328 e. The fourth-order valence-corrected chi connectivity index (χ4v) is 3.07. The maximum absolute atomic E-state index is 12.8. The molecule has 0 fully saturated rings. The molecule has 3 aromatic carbocycles. The number of carbonyl (C=O) groups excluding carboxylic acids is 2. The van der Waals surface area contributed by atoms with Gasteiger partial charge in [0.25, 0.3) is 5.91 Å². The number of ether oxygens (including phenoxy) is 1. The Morgan fingerprint density at radius 3 is 2.50 bits per heavy atom. The third-order valence-electron chi connectivity index (χ3n) is 4.35. The van der Waals surface area contributed by atoms with Gasteiger partial charge in [0.15, 0.2) is 0 Å². The number of fused-ring (bicyclic) bond motifs is 1. The number of esters is 1. The number of benzene rings is 3. The van der Waals surface area contributed by atoms with Gasteiger partial charge in [0.2, 0.25) is 0 Å². The summed E-state index contributed by atoms with van der Waals surface area (Å²) in [4.78, 5) is 25.0. The number of carbonyl (C=O) groups is 2. The largest absolute Gasteiger partial charge is 0.467 e. The highest BCUT2D eigenvalue weighted by molar-refractivity contribution is 6.08. The zero-order valence-corrected chi connectivity index (χ0v) is 14.9. The summed E-state index contributed by atoms with van der Waals surface area (Å²) in [7, 11) is 1.33. The highest BCUT2D eigenvalue weighted by Gasteiger charge is 2.23. The van der Waals surface area contributed by atoms with Gasteiger partial charge in [-0.15, -0.1) is 0 Å². The van der Waals surface area contributed by atoms with Crippen LogP contribution in [0.1, 0.15) is 21.5 Å². The second kappa shape index (κ2) is 7.83. The van der Waals surface area contributed by atoms with Crippen LogP contribution >= 0.6 is 0 Å². The van der Waals surface area contributed by atoms with E-state index in [0.717, 1.165) is 21.9 Å². The predicted octanol–water partition coefficient (Wildman–Crippen LogP) is 3.66. The van der Waals surface area contributed by atoms with Gasteiger partial charge in [0.1, 0.15) is 6.04 Å². The molecule has 0 unspecified atom stereocenters. The van der Waals surface area contributed by atoms with E-state index in [4.69, 9.17) is 4.74 Å². The van der Waals surface area contributed by atoms with E-state index < -0.39 is 12.0 Å². The van der Waals surface area contributed by atoms with E-state index in [1.54, 1.807) is 6.07 Å². The maximum atomic E-state index is 12.8. The van der Waals surface area contributed by atoms with E-state index in [2.05, 4.69) is 5.32 Å². The Hall–Kier alpha value is -3.14. The molecule has 0 aliphatic rings. The number of hydrogen-bond acceptors (Lipinski definition) is 3. The van der Waals surface area contributed by atoms with Crippen LogP contribution in [0, 0.1) is 6.92 Å². The number of rotatable bonds is 5. The third-order valence-corrected chi connectivity index (χ3v) is 4.35.